The van der Waals surface area contributed by atoms with E-state index in [9.17, 15) is 57.9 Å². The molecule has 0 heterocycles. The van der Waals surface area contributed by atoms with Crippen LogP contribution in [0.5, 0.6) is 0 Å². The third kappa shape index (κ3) is 6.32. The van der Waals surface area contributed by atoms with Crippen molar-refractivity contribution >= 4 is 39.1 Å². The van der Waals surface area contributed by atoms with Crippen molar-refractivity contribution < 1.29 is 57.9 Å². The minimum atomic E-state index is -6.70. The standard InChI is InChI=1S/C25H11BrF11N3O2/c26-17-9-13(22(28,24(32,33)34)25(35,36)37)8-16(23(29,30)31)19(17)40-20(41)12-2-1-3-14(7-12)39-21(42)15-5-4-11(10-38)6-18(15)27/h1-9H,(H,39,42)(H,40,41). The van der Waals surface area contributed by atoms with E-state index in [1.54, 1.807) is 11.4 Å². The van der Waals surface area contributed by atoms with Gasteiger partial charge < -0.3 is 10.6 Å². The van der Waals surface area contributed by atoms with Crippen molar-refractivity contribution in [1.29, 1.82) is 5.26 Å². The Hall–Kier alpha value is -4.20. The van der Waals surface area contributed by atoms with E-state index in [2.05, 4.69) is 21.2 Å². The molecular formula is C25H11BrF11N3O2. The van der Waals surface area contributed by atoms with E-state index in [0.717, 1.165) is 36.4 Å². The van der Waals surface area contributed by atoms with E-state index >= 15 is 0 Å². The fourth-order valence-electron chi connectivity index (χ4n) is 3.54. The molecular weight excluding hydrogens is 663 g/mol. The average molecular weight is 674 g/mol. The number of anilines is 2. The molecule has 3 aromatic carbocycles. The van der Waals surface area contributed by atoms with Gasteiger partial charge in [0.05, 0.1) is 28.4 Å². The third-order valence-corrected chi connectivity index (χ3v) is 6.16. The summed E-state index contributed by atoms with van der Waals surface area (Å²) in [5.41, 5.74) is -13.5. The van der Waals surface area contributed by atoms with Gasteiger partial charge in [-0.25, -0.2) is 8.78 Å². The highest BCUT2D eigenvalue weighted by molar-refractivity contribution is 9.10. The Bertz CT molecular complexity index is 1580. The molecule has 0 spiro atoms. The quantitative estimate of drug-likeness (QED) is 0.268. The van der Waals surface area contributed by atoms with Gasteiger partial charge in [0.25, 0.3) is 11.8 Å². The maximum Gasteiger partial charge on any atom is 0.435 e. The molecule has 3 rings (SSSR count). The van der Waals surface area contributed by atoms with Crippen molar-refractivity contribution in [3.05, 3.63) is 92.7 Å². The van der Waals surface area contributed by atoms with Crippen molar-refractivity contribution in [2.45, 2.75) is 24.2 Å². The van der Waals surface area contributed by atoms with Gasteiger partial charge in [0.2, 0.25) is 0 Å². The van der Waals surface area contributed by atoms with Crippen molar-refractivity contribution in [2.75, 3.05) is 10.6 Å². The molecule has 0 saturated carbocycles. The Morgan fingerprint density at radius 3 is 1.93 bits per heavy atom. The van der Waals surface area contributed by atoms with Crippen LogP contribution in [0.2, 0.25) is 0 Å². The Morgan fingerprint density at radius 1 is 0.786 bits per heavy atom. The highest BCUT2D eigenvalue weighted by Gasteiger charge is 2.73. The van der Waals surface area contributed by atoms with Crippen LogP contribution >= 0.6 is 15.9 Å². The SMILES string of the molecule is N#Cc1ccc(C(=O)Nc2cccc(C(=O)Nc3c(Br)cc(C(F)(C(F)(F)F)C(F)(F)F)cc3C(F)(F)F)c2)c(F)c1. The minimum Gasteiger partial charge on any atom is -0.322 e. The van der Waals surface area contributed by atoms with E-state index in [4.69, 9.17) is 5.26 Å². The average Bonchev–Trinajstić information content (AvgIpc) is 2.87. The van der Waals surface area contributed by atoms with Gasteiger partial charge in [-0.15, -0.1) is 0 Å². The molecule has 2 amide bonds. The molecule has 42 heavy (non-hydrogen) atoms. The van der Waals surface area contributed by atoms with Crippen LogP contribution in [0, 0.1) is 17.1 Å². The summed E-state index contributed by atoms with van der Waals surface area (Å²) in [6, 6.07) is 7.89. The Balaban J connectivity index is 1.98. The van der Waals surface area contributed by atoms with E-state index in [1.165, 1.54) is 6.07 Å². The number of nitrogens with one attached hydrogen (secondary N) is 2. The lowest BCUT2D eigenvalue weighted by atomic mass is 9.92. The van der Waals surface area contributed by atoms with Crippen LogP contribution in [0.25, 0.3) is 0 Å². The molecule has 0 radical (unpaired) electrons. The summed E-state index contributed by atoms with van der Waals surface area (Å²) in [5.74, 6) is -3.49. The predicted molar refractivity (Wildman–Crippen MR) is 128 cm³/mol. The van der Waals surface area contributed by atoms with E-state index in [0.29, 0.717) is 0 Å². The summed E-state index contributed by atoms with van der Waals surface area (Å²) in [6.45, 7) is 0. The molecule has 0 fully saturated rings. The zero-order valence-corrected chi connectivity index (χ0v) is 21.6. The van der Waals surface area contributed by atoms with Crippen molar-refractivity contribution in [1.82, 2.24) is 0 Å². The topological polar surface area (TPSA) is 82.0 Å². The fraction of sp³-hybridized carbons (Fsp3) is 0.160. The van der Waals surface area contributed by atoms with E-state index in [1.807, 2.05) is 0 Å². The van der Waals surface area contributed by atoms with Crippen molar-refractivity contribution in [2.24, 2.45) is 0 Å². The summed E-state index contributed by atoms with van der Waals surface area (Å²) in [5, 5.41) is 12.7. The third-order valence-electron chi connectivity index (χ3n) is 5.54. The summed E-state index contributed by atoms with van der Waals surface area (Å²) >= 11 is 2.38. The molecule has 0 bridgehead atoms. The second-order valence-electron chi connectivity index (χ2n) is 8.33. The van der Waals surface area contributed by atoms with Gasteiger partial charge >= 0.3 is 24.2 Å². The Kier molecular flexibility index (Phi) is 8.64. The summed E-state index contributed by atoms with van der Waals surface area (Å²) in [4.78, 5) is 25.1. The van der Waals surface area contributed by atoms with Crippen molar-refractivity contribution in [3.8, 4) is 6.07 Å². The first kappa shape index (κ1) is 32.3. The van der Waals surface area contributed by atoms with Gasteiger partial charge in [-0.2, -0.15) is 44.8 Å². The lowest BCUT2D eigenvalue weighted by Gasteiger charge is -2.31. The highest BCUT2D eigenvalue weighted by atomic mass is 79.9. The van der Waals surface area contributed by atoms with Crippen LogP contribution in [0.1, 0.15) is 37.4 Å². The normalized spacial score (nSPS) is 12.5. The molecule has 0 aliphatic carbocycles. The number of hydrogen-bond acceptors (Lipinski definition) is 3. The second-order valence-corrected chi connectivity index (χ2v) is 9.18. The van der Waals surface area contributed by atoms with Crippen LogP contribution in [0.15, 0.2) is 59.1 Å². The Morgan fingerprint density at radius 2 is 1.40 bits per heavy atom. The van der Waals surface area contributed by atoms with E-state index < -0.39 is 80.3 Å². The first-order valence-electron chi connectivity index (χ1n) is 10.9. The zero-order chi connectivity index (χ0) is 31.8. The molecule has 0 aliphatic heterocycles. The lowest BCUT2D eigenvalue weighted by molar-refractivity contribution is -0.348. The summed E-state index contributed by atoms with van der Waals surface area (Å²) < 4.78 is 148. The van der Waals surface area contributed by atoms with Crippen molar-refractivity contribution in [3.63, 3.8) is 0 Å². The molecule has 2 N–H and O–H groups in total. The van der Waals surface area contributed by atoms with Crippen LogP contribution in [0.4, 0.5) is 59.7 Å². The maximum atomic E-state index is 14.5. The molecule has 0 saturated heterocycles. The zero-order valence-electron chi connectivity index (χ0n) is 20.0. The molecule has 5 nitrogen and oxygen atoms in total. The van der Waals surface area contributed by atoms with Crippen LogP contribution in [-0.2, 0) is 11.8 Å². The number of carbonyl (C=O) groups excluding carboxylic acids is 2. The number of amides is 2. The number of halogens is 12. The molecule has 0 unspecified atom stereocenters. The number of hydrogen-bond donors (Lipinski definition) is 2. The van der Waals surface area contributed by atoms with Gasteiger partial charge in [-0.3, -0.25) is 9.59 Å². The number of nitrogens with zero attached hydrogens (tertiary/aromatic N) is 1. The van der Waals surface area contributed by atoms with Gasteiger partial charge in [-0.1, -0.05) is 6.07 Å². The molecule has 0 aliphatic rings. The Labute approximate surface area is 236 Å². The van der Waals surface area contributed by atoms with Gasteiger partial charge in [0.15, 0.2) is 0 Å². The highest BCUT2D eigenvalue weighted by Crippen LogP contribution is 2.55. The first-order valence-corrected chi connectivity index (χ1v) is 11.7. The van der Waals surface area contributed by atoms with Gasteiger partial charge in [0, 0.05) is 21.3 Å². The molecule has 3 aromatic rings. The summed E-state index contributed by atoms with van der Waals surface area (Å²) in [7, 11) is 0. The second kappa shape index (κ2) is 11.2. The number of rotatable bonds is 5. The van der Waals surface area contributed by atoms with Crippen LogP contribution in [0.3, 0.4) is 0 Å². The van der Waals surface area contributed by atoms with E-state index in [-0.39, 0.29) is 17.3 Å². The smallest absolute Gasteiger partial charge is 0.322 e. The largest absolute Gasteiger partial charge is 0.435 e. The number of alkyl halides is 10. The number of carbonyl (C=O) groups is 2. The molecule has 0 aromatic heterocycles. The predicted octanol–water partition coefficient (Wildman–Crippen LogP) is 8.27. The first-order chi connectivity index (χ1) is 19.2. The number of nitriles is 1. The molecule has 222 valence electrons. The lowest BCUT2D eigenvalue weighted by Crippen LogP contribution is -2.50. The molecule has 17 heteroatoms. The monoisotopic (exact) mass is 673 g/mol. The number of benzene rings is 3. The maximum absolute atomic E-state index is 14.5. The van der Waals surface area contributed by atoms with Crippen LogP contribution in [-0.4, -0.2) is 24.2 Å². The van der Waals surface area contributed by atoms with Gasteiger partial charge in [-0.05, 0) is 64.5 Å². The molecule has 0 atom stereocenters. The van der Waals surface area contributed by atoms with Crippen LogP contribution < -0.4 is 10.6 Å². The summed E-state index contributed by atoms with van der Waals surface area (Å²) in [6.07, 6.45) is -19.1. The minimum absolute atomic E-state index is 0.0887. The van der Waals surface area contributed by atoms with Gasteiger partial charge in [0.1, 0.15) is 5.82 Å². The fourth-order valence-corrected chi connectivity index (χ4v) is 4.09.